The van der Waals surface area contributed by atoms with E-state index in [4.69, 9.17) is 5.11 Å². The highest BCUT2D eigenvalue weighted by molar-refractivity contribution is 7.89. The Morgan fingerprint density at radius 3 is 2.48 bits per heavy atom. The van der Waals surface area contributed by atoms with Crippen LogP contribution in [-0.2, 0) is 14.8 Å². The minimum Gasteiger partial charge on any atom is -0.481 e. The van der Waals surface area contributed by atoms with Gasteiger partial charge in [0, 0.05) is 19.3 Å². The summed E-state index contributed by atoms with van der Waals surface area (Å²) in [7, 11) is -3.90. The van der Waals surface area contributed by atoms with Crippen molar-refractivity contribution >= 4 is 22.0 Å². The molecule has 0 aliphatic carbocycles. The monoisotopic (exact) mass is 314 g/mol. The first kappa shape index (κ1) is 15.3. The molecule has 3 N–H and O–H groups in total. The lowest BCUT2D eigenvalue weighted by Gasteiger charge is -2.45. The average molecular weight is 314 g/mol. The Balaban J connectivity index is 2.21. The van der Waals surface area contributed by atoms with Crippen molar-refractivity contribution in [2.45, 2.75) is 11.3 Å². The third-order valence-electron chi connectivity index (χ3n) is 3.47. The van der Waals surface area contributed by atoms with Gasteiger partial charge in [0.05, 0.1) is 5.41 Å². The molecule has 8 nitrogen and oxygen atoms in total. The van der Waals surface area contributed by atoms with Gasteiger partial charge >= 0.3 is 11.9 Å². The van der Waals surface area contributed by atoms with Crippen LogP contribution in [0, 0.1) is 5.41 Å². The van der Waals surface area contributed by atoms with Crippen molar-refractivity contribution < 1.29 is 28.2 Å². The molecule has 0 amide bonds. The number of carbonyl (C=O) groups is 2. The fourth-order valence-corrected chi connectivity index (χ4v) is 3.83. The van der Waals surface area contributed by atoms with Crippen LogP contribution in [0.1, 0.15) is 16.9 Å². The van der Waals surface area contributed by atoms with E-state index in [2.05, 4.69) is 11.6 Å². The maximum absolute atomic E-state index is 12.3. The zero-order chi connectivity index (χ0) is 15.8. The van der Waals surface area contributed by atoms with E-state index in [1.807, 2.05) is 0 Å². The summed E-state index contributed by atoms with van der Waals surface area (Å²) in [5.74, 6) is -2.35. The van der Waals surface area contributed by atoms with Crippen LogP contribution >= 0.6 is 0 Å². The molecule has 0 unspecified atom stereocenters. The number of nitrogens with zero attached hydrogens (tertiary/aromatic N) is 1. The van der Waals surface area contributed by atoms with Crippen molar-refractivity contribution in [3.8, 4) is 0 Å². The second-order valence-electron chi connectivity index (χ2n) is 4.91. The Labute approximate surface area is 120 Å². The molecule has 0 radical (unpaired) electrons. The fraction of sp³-hybridized carbons (Fsp3) is 0.333. The second-order valence-corrected chi connectivity index (χ2v) is 6.84. The molecule has 0 spiro atoms. The number of rotatable bonds is 6. The maximum atomic E-state index is 12.3. The third-order valence-corrected chi connectivity index (χ3v) is 5.24. The van der Waals surface area contributed by atoms with Crippen LogP contribution in [0.3, 0.4) is 0 Å². The van der Waals surface area contributed by atoms with Crippen LogP contribution in [0.5, 0.6) is 0 Å². The number of aromatic carboxylic acids is 1. The van der Waals surface area contributed by atoms with Crippen LogP contribution in [0.15, 0.2) is 29.8 Å². The Morgan fingerprint density at radius 2 is 2.05 bits per heavy atom. The smallest absolute Gasteiger partial charge is 0.352 e. The Morgan fingerprint density at radius 1 is 1.43 bits per heavy atom. The molecule has 114 valence electrons. The lowest BCUT2D eigenvalue weighted by molar-refractivity contribution is -0.155. The van der Waals surface area contributed by atoms with E-state index < -0.39 is 27.4 Å². The number of hydrogen-bond acceptors (Lipinski definition) is 4. The van der Waals surface area contributed by atoms with E-state index in [0.717, 1.165) is 16.6 Å². The van der Waals surface area contributed by atoms with Crippen molar-refractivity contribution in [1.29, 1.82) is 0 Å². The molecule has 1 saturated heterocycles. The molecular formula is C12H14N2O6S. The Hall–Kier alpha value is -2.13. The first-order valence-electron chi connectivity index (χ1n) is 5.99. The summed E-state index contributed by atoms with van der Waals surface area (Å²) in [5, 5.41) is 18.0. The number of aromatic amines is 1. The van der Waals surface area contributed by atoms with Gasteiger partial charge in [0.1, 0.15) is 10.6 Å². The van der Waals surface area contributed by atoms with Gasteiger partial charge in [-0.25, -0.2) is 13.2 Å². The van der Waals surface area contributed by atoms with Crippen molar-refractivity contribution in [2.24, 2.45) is 5.41 Å². The molecule has 1 aliphatic heterocycles. The quantitative estimate of drug-likeness (QED) is 0.651. The number of nitrogens with one attached hydrogen (secondary N) is 1. The first-order chi connectivity index (χ1) is 9.73. The first-order valence-corrected chi connectivity index (χ1v) is 7.43. The molecule has 1 fully saturated rings. The molecule has 0 saturated carbocycles. The normalized spacial score (nSPS) is 17.9. The minimum absolute atomic E-state index is 0.162. The van der Waals surface area contributed by atoms with Crippen LogP contribution < -0.4 is 0 Å². The van der Waals surface area contributed by atoms with Crippen molar-refractivity contribution in [3.05, 3.63) is 30.6 Å². The molecule has 2 heterocycles. The second kappa shape index (κ2) is 5.01. The number of hydrogen-bond donors (Lipinski definition) is 3. The minimum atomic E-state index is -3.90. The summed E-state index contributed by atoms with van der Waals surface area (Å²) < 4.78 is 25.5. The predicted octanol–water partition coefficient (Wildman–Crippen LogP) is 0.364. The molecule has 2 rings (SSSR count). The van der Waals surface area contributed by atoms with Gasteiger partial charge < -0.3 is 15.2 Å². The van der Waals surface area contributed by atoms with Crippen LogP contribution in [0.25, 0.3) is 0 Å². The standard InChI is InChI=1S/C12H14N2O6S/c1-2-3-12(11(17)18)6-14(7-12)21(19,20)8-4-9(10(15)16)13-5-8/h2,4-5,13H,1,3,6-7H2,(H,15,16)(H,17,18). The Bertz CT molecular complexity index is 699. The molecule has 0 atom stereocenters. The highest BCUT2D eigenvalue weighted by Crippen LogP contribution is 2.38. The van der Waals surface area contributed by atoms with E-state index in [1.165, 1.54) is 6.08 Å². The van der Waals surface area contributed by atoms with Crippen molar-refractivity contribution in [1.82, 2.24) is 9.29 Å². The molecule has 1 aliphatic rings. The summed E-state index contributed by atoms with van der Waals surface area (Å²) in [5.41, 5.74) is -1.40. The van der Waals surface area contributed by atoms with Crippen LogP contribution in [-0.4, -0.2) is 52.9 Å². The molecule has 1 aromatic heterocycles. The highest BCUT2D eigenvalue weighted by Gasteiger charge is 2.53. The predicted molar refractivity (Wildman–Crippen MR) is 71.4 cm³/mol. The summed E-state index contributed by atoms with van der Waals surface area (Å²) >= 11 is 0. The number of aromatic nitrogens is 1. The maximum Gasteiger partial charge on any atom is 0.352 e. The van der Waals surface area contributed by atoms with E-state index >= 15 is 0 Å². The molecule has 1 aromatic rings. The van der Waals surface area contributed by atoms with Gasteiger partial charge in [0.2, 0.25) is 10.0 Å². The van der Waals surface area contributed by atoms with Gasteiger partial charge in [0.25, 0.3) is 0 Å². The topological polar surface area (TPSA) is 128 Å². The lowest BCUT2D eigenvalue weighted by atomic mass is 9.79. The number of sulfonamides is 1. The highest BCUT2D eigenvalue weighted by atomic mass is 32.2. The number of allylic oxidation sites excluding steroid dienone is 1. The van der Waals surface area contributed by atoms with Crippen molar-refractivity contribution in [2.75, 3.05) is 13.1 Å². The number of H-pyrrole nitrogens is 1. The SMILES string of the molecule is C=CCC1(C(=O)O)CN(S(=O)(=O)c2c[nH]c(C(=O)O)c2)C1. The van der Waals surface area contributed by atoms with E-state index in [0.29, 0.717) is 0 Å². The molecule has 0 bridgehead atoms. The van der Waals surface area contributed by atoms with E-state index in [-0.39, 0.29) is 30.1 Å². The summed E-state index contributed by atoms with van der Waals surface area (Å²) in [6.45, 7) is 3.15. The number of carboxylic acid groups (broad SMARTS) is 2. The summed E-state index contributed by atoms with van der Waals surface area (Å²) in [4.78, 5) is 24.1. The van der Waals surface area contributed by atoms with Gasteiger partial charge in [-0.3, -0.25) is 4.79 Å². The van der Waals surface area contributed by atoms with Gasteiger partial charge in [-0.05, 0) is 12.5 Å². The van der Waals surface area contributed by atoms with Crippen molar-refractivity contribution in [3.63, 3.8) is 0 Å². The number of aliphatic carboxylic acids is 1. The average Bonchev–Trinajstić information content (AvgIpc) is 2.82. The third kappa shape index (κ3) is 2.45. The Kier molecular flexibility index (Phi) is 3.64. The van der Waals surface area contributed by atoms with E-state index in [1.54, 1.807) is 0 Å². The zero-order valence-electron chi connectivity index (χ0n) is 10.9. The molecule has 21 heavy (non-hydrogen) atoms. The van der Waals surface area contributed by atoms with Gasteiger partial charge in [0.15, 0.2) is 0 Å². The largest absolute Gasteiger partial charge is 0.481 e. The van der Waals surface area contributed by atoms with Crippen LogP contribution in [0.2, 0.25) is 0 Å². The van der Waals surface area contributed by atoms with E-state index in [9.17, 15) is 23.1 Å². The van der Waals surface area contributed by atoms with Gasteiger partial charge in [-0.15, -0.1) is 6.58 Å². The molecular weight excluding hydrogens is 300 g/mol. The van der Waals surface area contributed by atoms with Crippen LogP contribution in [0.4, 0.5) is 0 Å². The van der Waals surface area contributed by atoms with Gasteiger partial charge in [-0.2, -0.15) is 4.31 Å². The summed E-state index contributed by atoms with van der Waals surface area (Å²) in [6, 6.07) is 1.01. The zero-order valence-corrected chi connectivity index (χ0v) is 11.8. The van der Waals surface area contributed by atoms with Gasteiger partial charge in [-0.1, -0.05) is 6.08 Å². The molecule has 9 heteroatoms. The molecule has 0 aromatic carbocycles. The number of carboxylic acids is 2. The lowest BCUT2D eigenvalue weighted by Crippen LogP contribution is -2.61. The summed E-state index contributed by atoms with van der Waals surface area (Å²) in [6.07, 6.45) is 2.69. The fourth-order valence-electron chi connectivity index (χ4n) is 2.22.